The van der Waals surface area contributed by atoms with Crippen molar-refractivity contribution in [2.45, 2.75) is 13.1 Å². The number of nitrogens with zero attached hydrogens (tertiary/aromatic N) is 2. The lowest BCUT2D eigenvalue weighted by Crippen LogP contribution is -2.48. The average molecular weight is 454 g/mol. The molecular weight excluding hydrogens is 430 g/mol. The van der Waals surface area contributed by atoms with Gasteiger partial charge in [0.25, 0.3) is 11.8 Å². The Morgan fingerprint density at radius 3 is 2.39 bits per heavy atom. The molecule has 7 heteroatoms. The van der Waals surface area contributed by atoms with Gasteiger partial charge >= 0.3 is 0 Å². The summed E-state index contributed by atoms with van der Waals surface area (Å²) in [5, 5.41) is 5.54. The van der Waals surface area contributed by atoms with E-state index in [-0.39, 0.29) is 11.8 Å². The maximum Gasteiger partial charge on any atom is 0.261 e. The standard InChI is InChI=1S/C24H24ClN3O2S/c25-21-4-1-3-19(15-21)17-27-10-12-28(13-11-27)24(30)20-8-6-18(7-9-20)16-26-23(29)22-5-2-14-31-22/h1-9,14-15H,10-13,16-17H2,(H,26,29). The summed E-state index contributed by atoms with van der Waals surface area (Å²) < 4.78 is 0. The Hall–Kier alpha value is -2.67. The molecule has 31 heavy (non-hydrogen) atoms. The van der Waals surface area contributed by atoms with Crippen LogP contribution in [0.2, 0.25) is 5.02 Å². The summed E-state index contributed by atoms with van der Waals surface area (Å²) in [4.78, 5) is 29.9. The molecule has 0 spiro atoms. The largest absolute Gasteiger partial charge is 0.347 e. The molecule has 160 valence electrons. The molecule has 1 N–H and O–H groups in total. The van der Waals surface area contributed by atoms with Crippen LogP contribution in [0, 0.1) is 0 Å². The molecule has 0 bridgehead atoms. The number of thiophene rings is 1. The van der Waals surface area contributed by atoms with Crippen molar-refractivity contribution < 1.29 is 9.59 Å². The van der Waals surface area contributed by atoms with Gasteiger partial charge in [0.15, 0.2) is 0 Å². The first-order chi connectivity index (χ1) is 15.1. The van der Waals surface area contributed by atoms with E-state index in [0.29, 0.717) is 30.1 Å². The first-order valence-electron chi connectivity index (χ1n) is 10.3. The van der Waals surface area contributed by atoms with Crippen LogP contribution in [0.25, 0.3) is 0 Å². The summed E-state index contributed by atoms with van der Waals surface area (Å²) in [6.07, 6.45) is 0. The van der Waals surface area contributed by atoms with Gasteiger partial charge in [0.1, 0.15) is 0 Å². The summed E-state index contributed by atoms with van der Waals surface area (Å²) in [6, 6.07) is 19.1. The van der Waals surface area contributed by atoms with Gasteiger partial charge in [0.2, 0.25) is 0 Å². The number of rotatable bonds is 6. The summed E-state index contributed by atoms with van der Waals surface area (Å²) in [5.74, 6) is -0.0256. The molecule has 1 saturated heterocycles. The zero-order chi connectivity index (χ0) is 21.6. The fourth-order valence-electron chi connectivity index (χ4n) is 3.63. The van der Waals surface area contributed by atoms with E-state index >= 15 is 0 Å². The molecule has 3 aromatic rings. The molecule has 2 amide bonds. The van der Waals surface area contributed by atoms with E-state index < -0.39 is 0 Å². The van der Waals surface area contributed by atoms with Crippen LogP contribution in [-0.2, 0) is 13.1 Å². The Balaban J connectivity index is 1.26. The highest BCUT2D eigenvalue weighted by molar-refractivity contribution is 7.12. The lowest BCUT2D eigenvalue weighted by Gasteiger charge is -2.34. The summed E-state index contributed by atoms with van der Waals surface area (Å²) in [6.45, 7) is 4.37. The van der Waals surface area contributed by atoms with Gasteiger partial charge in [-0.05, 0) is 46.8 Å². The zero-order valence-corrected chi connectivity index (χ0v) is 18.7. The van der Waals surface area contributed by atoms with Crippen LogP contribution in [0.15, 0.2) is 66.0 Å². The van der Waals surface area contributed by atoms with Crippen LogP contribution in [0.3, 0.4) is 0 Å². The van der Waals surface area contributed by atoms with Crippen molar-refractivity contribution in [1.29, 1.82) is 0 Å². The van der Waals surface area contributed by atoms with E-state index in [0.717, 1.165) is 30.2 Å². The molecule has 0 saturated carbocycles. The number of hydrogen-bond donors (Lipinski definition) is 1. The molecule has 2 heterocycles. The number of carbonyl (C=O) groups is 2. The normalized spacial score (nSPS) is 14.4. The van der Waals surface area contributed by atoms with Crippen LogP contribution in [-0.4, -0.2) is 47.8 Å². The van der Waals surface area contributed by atoms with E-state index in [1.807, 2.05) is 58.8 Å². The Bertz CT molecular complexity index is 1030. The molecule has 2 aromatic carbocycles. The number of amides is 2. The number of hydrogen-bond acceptors (Lipinski definition) is 4. The van der Waals surface area contributed by atoms with Crippen LogP contribution < -0.4 is 5.32 Å². The maximum absolute atomic E-state index is 12.9. The molecule has 1 aromatic heterocycles. The minimum Gasteiger partial charge on any atom is -0.347 e. The number of halogens is 1. The van der Waals surface area contributed by atoms with Gasteiger partial charge < -0.3 is 10.2 Å². The highest BCUT2D eigenvalue weighted by Gasteiger charge is 2.22. The Morgan fingerprint density at radius 1 is 0.935 bits per heavy atom. The Kier molecular flexibility index (Phi) is 7.02. The molecule has 0 atom stereocenters. The topological polar surface area (TPSA) is 52.7 Å². The molecule has 4 rings (SSSR count). The highest BCUT2D eigenvalue weighted by Crippen LogP contribution is 2.16. The van der Waals surface area contributed by atoms with Gasteiger partial charge in [-0.3, -0.25) is 14.5 Å². The van der Waals surface area contributed by atoms with Gasteiger partial charge in [-0.1, -0.05) is 41.9 Å². The molecule has 1 aliphatic rings. The summed E-state index contributed by atoms with van der Waals surface area (Å²) in [5.41, 5.74) is 2.83. The zero-order valence-electron chi connectivity index (χ0n) is 17.1. The molecule has 5 nitrogen and oxygen atoms in total. The number of carbonyl (C=O) groups excluding carboxylic acids is 2. The monoisotopic (exact) mass is 453 g/mol. The molecule has 0 radical (unpaired) electrons. The number of benzene rings is 2. The first kappa shape index (κ1) is 21.6. The van der Waals surface area contributed by atoms with Crippen molar-refractivity contribution in [3.8, 4) is 0 Å². The van der Waals surface area contributed by atoms with Crippen molar-refractivity contribution in [2.75, 3.05) is 26.2 Å². The lowest BCUT2D eigenvalue weighted by molar-refractivity contribution is 0.0628. The van der Waals surface area contributed by atoms with Crippen LogP contribution >= 0.6 is 22.9 Å². The van der Waals surface area contributed by atoms with Crippen LogP contribution in [0.5, 0.6) is 0 Å². The maximum atomic E-state index is 12.9. The fourth-order valence-corrected chi connectivity index (χ4v) is 4.48. The molecule has 1 fully saturated rings. The average Bonchev–Trinajstić information content (AvgIpc) is 3.33. The smallest absolute Gasteiger partial charge is 0.261 e. The third kappa shape index (κ3) is 5.73. The quantitative estimate of drug-likeness (QED) is 0.605. The van der Waals surface area contributed by atoms with E-state index in [2.05, 4.69) is 16.3 Å². The molecular formula is C24H24ClN3O2S. The second kappa shape index (κ2) is 10.1. The van der Waals surface area contributed by atoms with Gasteiger partial charge in [0.05, 0.1) is 4.88 Å². The van der Waals surface area contributed by atoms with Crippen LogP contribution in [0.1, 0.15) is 31.2 Å². The third-order valence-corrected chi connectivity index (χ3v) is 6.46. The van der Waals surface area contributed by atoms with Crippen molar-refractivity contribution in [3.63, 3.8) is 0 Å². The van der Waals surface area contributed by atoms with Gasteiger partial charge in [0, 0.05) is 49.9 Å². The van der Waals surface area contributed by atoms with Crippen molar-refractivity contribution in [2.24, 2.45) is 0 Å². The molecule has 1 aliphatic heterocycles. The van der Waals surface area contributed by atoms with E-state index in [4.69, 9.17) is 11.6 Å². The minimum absolute atomic E-state index is 0.0524. The summed E-state index contributed by atoms with van der Waals surface area (Å²) in [7, 11) is 0. The van der Waals surface area contributed by atoms with Gasteiger partial charge in [-0.2, -0.15) is 0 Å². The van der Waals surface area contributed by atoms with Crippen molar-refractivity contribution >= 4 is 34.8 Å². The number of nitrogens with one attached hydrogen (secondary N) is 1. The first-order valence-corrected chi connectivity index (χ1v) is 11.5. The molecule has 0 unspecified atom stereocenters. The third-order valence-electron chi connectivity index (χ3n) is 5.35. The van der Waals surface area contributed by atoms with Crippen molar-refractivity contribution in [3.05, 3.63) is 92.6 Å². The lowest BCUT2D eigenvalue weighted by atomic mass is 10.1. The molecule has 0 aliphatic carbocycles. The number of piperazine rings is 1. The summed E-state index contributed by atoms with van der Waals surface area (Å²) >= 11 is 7.49. The van der Waals surface area contributed by atoms with Crippen LogP contribution in [0.4, 0.5) is 0 Å². The predicted molar refractivity (Wildman–Crippen MR) is 125 cm³/mol. The Morgan fingerprint density at radius 2 is 1.71 bits per heavy atom. The van der Waals surface area contributed by atoms with Crippen molar-refractivity contribution in [1.82, 2.24) is 15.1 Å². The van der Waals surface area contributed by atoms with E-state index in [9.17, 15) is 9.59 Å². The van der Waals surface area contributed by atoms with E-state index in [1.54, 1.807) is 6.07 Å². The Labute approximate surface area is 191 Å². The van der Waals surface area contributed by atoms with Gasteiger partial charge in [-0.25, -0.2) is 0 Å². The predicted octanol–water partition coefficient (Wildman–Crippen LogP) is 4.29. The second-order valence-electron chi connectivity index (χ2n) is 7.56. The van der Waals surface area contributed by atoms with E-state index in [1.165, 1.54) is 16.9 Å². The SMILES string of the molecule is O=C(NCc1ccc(C(=O)N2CCN(Cc3cccc(Cl)c3)CC2)cc1)c1cccs1. The highest BCUT2D eigenvalue weighted by atomic mass is 35.5. The minimum atomic E-state index is -0.0780. The second-order valence-corrected chi connectivity index (χ2v) is 8.94. The van der Waals surface area contributed by atoms with Gasteiger partial charge in [-0.15, -0.1) is 11.3 Å². The fraction of sp³-hybridized carbons (Fsp3) is 0.250.